The van der Waals surface area contributed by atoms with E-state index in [-0.39, 0.29) is 5.78 Å². The van der Waals surface area contributed by atoms with E-state index in [1.807, 2.05) is 121 Å². The smallest absolute Gasteiger partial charge is 0.311 e. The standard InChI is InChI=1S/C31H27O4P/c1-34-36(33,35-2)31(26-21-13-6-14-22-26)29(25-19-11-5-12-20-25)27(23-15-7-3-8-16-23)28(30(31)32)24-17-9-4-10-18-24/h3-22,28H,1-2H3. The Labute approximate surface area is 211 Å². The predicted molar refractivity (Wildman–Crippen MR) is 144 cm³/mol. The Bertz CT molecular complexity index is 1430. The summed E-state index contributed by atoms with van der Waals surface area (Å²) in [6, 6.07) is 38.4. The molecular formula is C31H27O4P. The number of hydrogen-bond donors (Lipinski definition) is 0. The van der Waals surface area contributed by atoms with Gasteiger partial charge in [-0.25, -0.2) is 0 Å². The molecule has 1 aliphatic rings. The molecule has 2 atom stereocenters. The average molecular weight is 495 g/mol. The highest BCUT2D eigenvalue weighted by Crippen LogP contribution is 2.75. The number of carbonyl (C=O) groups is 1. The summed E-state index contributed by atoms with van der Waals surface area (Å²) in [6.07, 6.45) is 0. The molecule has 4 aromatic carbocycles. The maximum atomic E-state index is 15.0. The number of carbonyl (C=O) groups excluding carboxylic acids is 1. The maximum absolute atomic E-state index is 15.0. The van der Waals surface area contributed by atoms with Gasteiger partial charge in [0.2, 0.25) is 0 Å². The zero-order valence-electron chi connectivity index (χ0n) is 20.2. The van der Waals surface area contributed by atoms with Crippen molar-refractivity contribution in [2.45, 2.75) is 11.1 Å². The van der Waals surface area contributed by atoms with Gasteiger partial charge in [0.05, 0.1) is 5.92 Å². The summed E-state index contributed by atoms with van der Waals surface area (Å²) in [4.78, 5) is 15.0. The predicted octanol–water partition coefficient (Wildman–Crippen LogP) is 7.35. The van der Waals surface area contributed by atoms with Crippen LogP contribution in [0.15, 0.2) is 121 Å². The van der Waals surface area contributed by atoms with E-state index in [9.17, 15) is 9.36 Å². The topological polar surface area (TPSA) is 52.6 Å². The molecule has 0 radical (unpaired) electrons. The van der Waals surface area contributed by atoms with Crippen LogP contribution in [0.4, 0.5) is 0 Å². The van der Waals surface area contributed by atoms with Crippen LogP contribution >= 0.6 is 7.60 Å². The lowest BCUT2D eigenvalue weighted by atomic mass is 9.85. The van der Waals surface area contributed by atoms with Crippen LogP contribution in [0.1, 0.15) is 28.2 Å². The summed E-state index contributed by atoms with van der Waals surface area (Å²) in [7, 11) is -1.38. The van der Waals surface area contributed by atoms with Gasteiger partial charge in [-0.1, -0.05) is 121 Å². The van der Waals surface area contributed by atoms with Gasteiger partial charge in [-0.3, -0.25) is 9.36 Å². The van der Waals surface area contributed by atoms with Gasteiger partial charge in [-0.15, -0.1) is 0 Å². The first kappa shape index (κ1) is 24.1. The van der Waals surface area contributed by atoms with Gasteiger partial charge in [0.25, 0.3) is 0 Å². The minimum Gasteiger partial charge on any atom is -0.311 e. The number of allylic oxidation sites excluding steroid dienone is 2. The first-order valence-electron chi connectivity index (χ1n) is 11.8. The first-order chi connectivity index (χ1) is 17.6. The van der Waals surface area contributed by atoms with E-state index in [4.69, 9.17) is 9.05 Å². The molecule has 0 bridgehead atoms. The second-order valence-corrected chi connectivity index (χ2v) is 11.1. The lowest BCUT2D eigenvalue weighted by Gasteiger charge is -2.36. The Kier molecular flexibility index (Phi) is 6.59. The number of Topliss-reactive ketones (excluding diaryl/α,β-unsaturated/α-hetero) is 1. The third-order valence-corrected chi connectivity index (χ3v) is 9.39. The van der Waals surface area contributed by atoms with Crippen molar-refractivity contribution in [2.24, 2.45) is 0 Å². The Hall–Kier alpha value is -3.56. The Balaban J connectivity index is 2.01. The van der Waals surface area contributed by atoms with E-state index in [0.717, 1.165) is 22.3 Å². The summed E-state index contributed by atoms with van der Waals surface area (Å²) in [5.74, 6) is -0.910. The SMILES string of the molecule is COP(=O)(OC)C1(c2ccccc2)C(=O)C(c2ccccc2)C(c2ccccc2)=C1c1ccccc1. The molecule has 2 unspecified atom stereocenters. The van der Waals surface area contributed by atoms with Crippen LogP contribution in [0.2, 0.25) is 0 Å². The summed E-state index contributed by atoms with van der Waals surface area (Å²) in [6.45, 7) is 0. The molecular weight excluding hydrogens is 467 g/mol. The zero-order valence-corrected chi connectivity index (χ0v) is 21.1. The normalized spacial score (nSPS) is 20.1. The van der Waals surface area contributed by atoms with Crippen LogP contribution in [-0.2, 0) is 23.6 Å². The molecule has 0 spiro atoms. The van der Waals surface area contributed by atoms with Crippen LogP contribution in [0.3, 0.4) is 0 Å². The van der Waals surface area contributed by atoms with Gasteiger partial charge in [-0.2, -0.15) is 0 Å². The molecule has 0 saturated heterocycles. The summed E-state index contributed by atoms with van der Waals surface area (Å²) in [5.41, 5.74) is 4.53. The second kappa shape index (κ2) is 9.83. The van der Waals surface area contributed by atoms with E-state index in [1.54, 1.807) is 0 Å². The summed E-state index contributed by atoms with van der Waals surface area (Å²) in [5, 5.41) is -1.68. The van der Waals surface area contributed by atoms with Gasteiger partial charge < -0.3 is 9.05 Å². The number of rotatable bonds is 7. The largest absolute Gasteiger partial charge is 0.352 e. The second-order valence-electron chi connectivity index (χ2n) is 8.67. The molecule has 0 N–H and O–H groups in total. The highest BCUT2D eigenvalue weighted by Gasteiger charge is 2.66. The lowest BCUT2D eigenvalue weighted by Crippen LogP contribution is -2.36. The monoisotopic (exact) mass is 494 g/mol. The number of ketones is 1. The quantitative estimate of drug-likeness (QED) is 0.252. The van der Waals surface area contributed by atoms with Gasteiger partial charge in [0.15, 0.2) is 10.9 Å². The van der Waals surface area contributed by atoms with Crippen LogP contribution < -0.4 is 0 Å². The maximum Gasteiger partial charge on any atom is 0.352 e. The fraction of sp³-hybridized carbons (Fsp3) is 0.129. The fourth-order valence-corrected chi connectivity index (χ4v) is 7.49. The Morgan fingerprint density at radius 1 is 0.639 bits per heavy atom. The van der Waals surface area contributed by atoms with Gasteiger partial charge in [-0.05, 0) is 33.4 Å². The molecule has 0 saturated carbocycles. The van der Waals surface area contributed by atoms with Gasteiger partial charge in [0.1, 0.15) is 0 Å². The van der Waals surface area contributed by atoms with Gasteiger partial charge >= 0.3 is 7.60 Å². The van der Waals surface area contributed by atoms with Crippen molar-refractivity contribution < 1.29 is 18.4 Å². The molecule has 4 nitrogen and oxygen atoms in total. The summed E-state index contributed by atoms with van der Waals surface area (Å²) < 4.78 is 26.1. The van der Waals surface area contributed by atoms with E-state index in [2.05, 4.69) is 0 Å². The molecule has 5 heteroatoms. The van der Waals surface area contributed by atoms with E-state index in [1.165, 1.54) is 14.2 Å². The average Bonchev–Trinajstić information content (AvgIpc) is 3.24. The Morgan fingerprint density at radius 2 is 1.08 bits per heavy atom. The van der Waals surface area contributed by atoms with Crippen LogP contribution in [0.5, 0.6) is 0 Å². The van der Waals surface area contributed by atoms with Crippen LogP contribution in [0, 0.1) is 0 Å². The molecule has 36 heavy (non-hydrogen) atoms. The van der Waals surface area contributed by atoms with E-state index >= 15 is 0 Å². The third-order valence-electron chi connectivity index (χ3n) is 6.90. The third kappa shape index (κ3) is 3.61. The van der Waals surface area contributed by atoms with Crippen molar-refractivity contribution in [1.82, 2.24) is 0 Å². The van der Waals surface area contributed by atoms with Crippen molar-refractivity contribution in [3.05, 3.63) is 144 Å². The van der Waals surface area contributed by atoms with Crippen molar-refractivity contribution in [1.29, 1.82) is 0 Å². The van der Waals surface area contributed by atoms with Crippen molar-refractivity contribution in [2.75, 3.05) is 14.2 Å². The molecule has 5 rings (SSSR count). The van der Waals surface area contributed by atoms with Crippen molar-refractivity contribution in [3.8, 4) is 0 Å². The number of benzene rings is 4. The molecule has 0 fully saturated rings. The zero-order chi connectivity index (χ0) is 25.2. The molecule has 0 aliphatic heterocycles. The molecule has 180 valence electrons. The fourth-order valence-electron chi connectivity index (χ4n) is 5.41. The Morgan fingerprint density at radius 3 is 1.58 bits per heavy atom. The molecule has 4 aromatic rings. The first-order valence-corrected chi connectivity index (χ1v) is 13.3. The van der Waals surface area contributed by atoms with Crippen LogP contribution in [0.25, 0.3) is 11.1 Å². The highest BCUT2D eigenvalue weighted by molar-refractivity contribution is 7.57. The summed E-state index contributed by atoms with van der Waals surface area (Å²) >= 11 is 0. The molecule has 0 heterocycles. The molecule has 0 aromatic heterocycles. The molecule has 0 amide bonds. The molecule has 1 aliphatic carbocycles. The van der Waals surface area contributed by atoms with E-state index in [0.29, 0.717) is 11.1 Å². The van der Waals surface area contributed by atoms with Crippen molar-refractivity contribution in [3.63, 3.8) is 0 Å². The minimum absolute atomic E-state index is 0.232. The van der Waals surface area contributed by atoms with Crippen LogP contribution in [-0.4, -0.2) is 20.0 Å². The van der Waals surface area contributed by atoms with Crippen molar-refractivity contribution >= 4 is 24.5 Å². The minimum atomic E-state index is -4.08. The number of hydrogen-bond acceptors (Lipinski definition) is 4. The lowest BCUT2D eigenvalue weighted by molar-refractivity contribution is -0.120. The van der Waals surface area contributed by atoms with E-state index < -0.39 is 18.7 Å². The highest BCUT2D eigenvalue weighted by atomic mass is 31.2. The van der Waals surface area contributed by atoms with Gasteiger partial charge in [0, 0.05) is 14.2 Å².